The van der Waals surface area contributed by atoms with Crippen LogP contribution in [0.4, 0.5) is 0 Å². The number of aryl methyl sites for hydroxylation is 2. The first-order valence-electron chi connectivity index (χ1n) is 7.42. The van der Waals surface area contributed by atoms with Crippen molar-refractivity contribution in [1.29, 1.82) is 0 Å². The minimum Gasteiger partial charge on any atom is -0.388 e. The molecule has 1 amide bonds. The third kappa shape index (κ3) is 2.65. The number of carbonyl (C=O) groups excluding carboxylic acids is 1. The molecule has 0 aliphatic heterocycles. The van der Waals surface area contributed by atoms with Crippen LogP contribution in [-0.2, 0) is 7.05 Å². The van der Waals surface area contributed by atoms with Gasteiger partial charge >= 0.3 is 0 Å². The molecule has 1 saturated carbocycles. The quantitative estimate of drug-likeness (QED) is 0.906. The molecule has 0 saturated heterocycles. The molecule has 112 valence electrons. The zero-order valence-corrected chi connectivity index (χ0v) is 12.5. The molecule has 2 N–H and O–H groups in total. The lowest BCUT2D eigenvalue weighted by Crippen LogP contribution is -2.40. The fourth-order valence-electron chi connectivity index (χ4n) is 3.02. The lowest BCUT2D eigenvalue weighted by atomic mass is 10.0. The van der Waals surface area contributed by atoms with Gasteiger partial charge in [-0.2, -0.15) is 0 Å². The zero-order valence-electron chi connectivity index (χ0n) is 12.5. The van der Waals surface area contributed by atoms with Crippen molar-refractivity contribution >= 4 is 16.9 Å². The lowest BCUT2D eigenvalue weighted by molar-refractivity contribution is 0.0449. The van der Waals surface area contributed by atoms with E-state index in [1.165, 1.54) is 0 Å². The summed E-state index contributed by atoms with van der Waals surface area (Å²) in [5.41, 5.74) is 1.70. The average Bonchev–Trinajstić information content (AvgIpc) is 3.02. The Labute approximate surface area is 124 Å². The third-order valence-corrected chi connectivity index (χ3v) is 4.48. The van der Waals surface area contributed by atoms with Gasteiger partial charge in [-0.3, -0.25) is 4.79 Å². The van der Waals surface area contributed by atoms with E-state index in [9.17, 15) is 9.90 Å². The minimum atomic E-state index is -0.721. The van der Waals surface area contributed by atoms with E-state index in [1.807, 2.05) is 24.6 Å². The summed E-state index contributed by atoms with van der Waals surface area (Å²) >= 11 is 0. The number of rotatable bonds is 3. The van der Waals surface area contributed by atoms with Crippen LogP contribution in [0.2, 0.25) is 0 Å². The summed E-state index contributed by atoms with van der Waals surface area (Å²) in [7, 11) is 1.96. The molecule has 0 unspecified atom stereocenters. The van der Waals surface area contributed by atoms with Crippen molar-refractivity contribution in [3.63, 3.8) is 0 Å². The van der Waals surface area contributed by atoms with Crippen LogP contribution >= 0.6 is 0 Å². The normalized spacial score (nSPS) is 17.3. The number of imidazole rings is 1. The Hall–Kier alpha value is -1.88. The van der Waals surface area contributed by atoms with Crippen LogP contribution in [0.3, 0.4) is 0 Å². The second-order valence-corrected chi connectivity index (χ2v) is 6.04. The highest BCUT2D eigenvalue weighted by Gasteiger charge is 2.31. The predicted octanol–water partition coefficient (Wildman–Crippen LogP) is 1.92. The van der Waals surface area contributed by atoms with Crippen LogP contribution < -0.4 is 5.32 Å². The van der Waals surface area contributed by atoms with Crippen molar-refractivity contribution in [2.75, 3.05) is 6.54 Å². The van der Waals surface area contributed by atoms with E-state index in [0.717, 1.165) is 42.5 Å². The first-order chi connectivity index (χ1) is 9.98. The average molecular weight is 287 g/mol. The predicted molar refractivity (Wildman–Crippen MR) is 81.2 cm³/mol. The first-order valence-corrected chi connectivity index (χ1v) is 7.42. The number of hydrogen-bond acceptors (Lipinski definition) is 3. The Bertz CT molecular complexity index is 684. The SMILES string of the molecule is Cc1nc2cc(C(=O)NCC3(O)CCCC3)ccc2n1C. The summed E-state index contributed by atoms with van der Waals surface area (Å²) in [4.78, 5) is 16.7. The molecular weight excluding hydrogens is 266 g/mol. The van der Waals surface area contributed by atoms with E-state index < -0.39 is 5.60 Å². The van der Waals surface area contributed by atoms with Crippen molar-refractivity contribution in [2.24, 2.45) is 7.05 Å². The number of hydrogen-bond donors (Lipinski definition) is 2. The fourth-order valence-corrected chi connectivity index (χ4v) is 3.02. The number of aliphatic hydroxyl groups is 1. The highest BCUT2D eigenvalue weighted by molar-refractivity contribution is 5.97. The summed E-state index contributed by atoms with van der Waals surface area (Å²) in [6.45, 7) is 2.26. The highest BCUT2D eigenvalue weighted by Crippen LogP contribution is 2.28. The molecule has 0 atom stereocenters. The molecule has 0 radical (unpaired) electrons. The van der Waals surface area contributed by atoms with Crippen molar-refractivity contribution in [2.45, 2.75) is 38.2 Å². The van der Waals surface area contributed by atoms with E-state index in [4.69, 9.17) is 0 Å². The maximum absolute atomic E-state index is 12.2. The zero-order chi connectivity index (χ0) is 15.0. The number of aromatic nitrogens is 2. The van der Waals surface area contributed by atoms with Gasteiger partial charge in [-0.1, -0.05) is 12.8 Å². The van der Waals surface area contributed by atoms with Gasteiger partial charge in [0.2, 0.25) is 0 Å². The molecule has 1 fully saturated rings. The number of fused-ring (bicyclic) bond motifs is 1. The number of benzene rings is 1. The van der Waals surface area contributed by atoms with Crippen LogP contribution in [0.15, 0.2) is 18.2 Å². The molecule has 1 aromatic carbocycles. The van der Waals surface area contributed by atoms with Gasteiger partial charge in [0.1, 0.15) is 5.82 Å². The van der Waals surface area contributed by atoms with Crippen LogP contribution in [0.25, 0.3) is 11.0 Å². The molecule has 2 aromatic rings. The van der Waals surface area contributed by atoms with Crippen molar-refractivity contribution in [3.8, 4) is 0 Å². The van der Waals surface area contributed by atoms with Gasteiger partial charge in [-0.25, -0.2) is 4.98 Å². The standard InChI is InChI=1S/C16H21N3O2/c1-11-18-13-9-12(5-6-14(13)19(11)2)15(20)17-10-16(21)7-3-4-8-16/h5-6,9,21H,3-4,7-8,10H2,1-2H3,(H,17,20). The number of nitrogens with zero attached hydrogens (tertiary/aromatic N) is 2. The summed E-state index contributed by atoms with van der Waals surface area (Å²) in [5.74, 6) is 0.767. The molecule has 1 aliphatic rings. The van der Waals surface area contributed by atoms with Gasteiger partial charge in [0.25, 0.3) is 5.91 Å². The van der Waals surface area contributed by atoms with E-state index >= 15 is 0 Å². The van der Waals surface area contributed by atoms with Gasteiger partial charge in [0, 0.05) is 19.2 Å². The maximum atomic E-state index is 12.2. The Morgan fingerprint density at radius 1 is 1.43 bits per heavy atom. The van der Waals surface area contributed by atoms with E-state index in [2.05, 4.69) is 10.3 Å². The molecular formula is C16H21N3O2. The molecule has 21 heavy (non-hydrogen) atoms. The van der Waals surface area contributed by atoms with Gasteiger partial charge in [-0.15, -0.1) is 0 Å². The summed E-state index contributed by atoms with van der Waals surface area (Å²) in [6.07, 6.45) is 3.61. The van der Waals surface area contributed by atoms with Gasteiger partial charge in [-0.05, 0) is 38.0 Å². The Morgan fingerprint density at radius 2 is 2.14 bits per heavy atom. The number of amides is 1. The summed E-state index contributed by atoms with van der Waals surface area (Å²) in [6, 6.07) is 5.52. The molecule has 1 heterocycles. The highest BCUT2D eigenvalue weighted by atomic mass is 16.3. The molecule has 5 heteroatoms. The summed E-state index contributed by atoms with van der Waals surface area (Å²) < 4.78 is 2.00. The van der Waals surface area contributed by atoms with Crippen LogP contribution in [0, 0.1) is 6.92 Å². The van der Waals surface area contributed by atoms with Crippen LogP contribution in [0.5, 0.6) is 0 Å². The molecule has 0 spiro atoms. The molecule has 5 nitrogen and oxygen atoms in total. The molecule has 1 aliphatic carbocycles. The Balaban J connectivity index is 1.75. The molecule has 0 bridgehead atoms. The van der Waals surface area contributed by atoms with Crippen molar-refractivity contribution in [1.82, 2.24) is 14.9 Å². The molecule has 1 aromatic heterocycles. The van der Waals surface area contributed by atoms with Gasteiger partial charge in [0.15, 0.2) is 0 Å². The van der Waals surface area contributed by atoms with Crippen molar-refractivity contribution < 1.29 is 9.90 Å². The van der Waals surface area contributed by atoms with E-state index in [0.29, 0.717) is 12.1 Å². The Kier molecular flexibility index (Phi) is 3.45. The van der Waals surface area contributed by atoms with E-state index in [-0.39, 0.29) is 5.91 Å². The largest absolute Gasteiger partial charge is 0.388 e. The topological polar surface area (TPSA) is 67.2 Å². The first kappa shape index (κ1) is 14.1. The Morgan fingerprint density at radius 3 is 2.86 bits per heavy atom. The van der Waals surface area contributed by atoms with E-state index in [1.54, 1.807) is 12.1 Å². The van der Waals surface area contributed by atoms with Crippen LogP contribution in [0.1, 0.15) is 41.9 Å². The summed E-state index contributed by atoms with van der Waals surface area (Å²) in [5, 5.41) is 13.1. The van der Waals surface area contributed by atoms with Crippen molar-refractivity contribution in [3.05, 3.63) is 29.6 Å². The smallest absolute Gasteiger partial charge is 0.251 e. The molecule has 3 rings (SSSR count). The number of nitrogens with one attached hydrogen (secondary N) is 1. The second-order valence-electron chi connectivity index (χ2n) is 6.04. The second kappa shape index (κ2) is 5.15. The monoisotopic (exact) mass is 287 g/mol. The van der Waals surface area contributed by atoms with Gasteiger partial charge < -0.3 is 15.0 Å². The minimum absolute atomic E-state index is 0.152. The fraction of sp³-hybridized carbons (Fsp3) is 0.500. The van der Waals surface area contributed by atoms with Crippen LogP contribution in [-0.4, -0.2) is 32.7 Å². The number of carbonyl (C=O) groups is 1. The lowest BCUT2D eigenvalue weighted by Gasteiger charge is -2.22. The third-order valence-electron chi connectivity index (χ3n) is 4.48. The maximum Gasteiger partial charge on any atom is 0.251 e. The van der Waals surface area contributed by atoms with Gasteiger partial charge in [0.05, 0.1) is 16.6 Å².